The number of nitrogens with one attached hydrogen (secondary N) is 7. The van der Waals surface area contributed by atoms with Crippen LogP contribution < -0.4 is 48.1 Å². The Morgan fingerprint density at radius 1 is 0.845 bits per heavy atom. The van der Waals surface area contributed by atoms with E-state index >= 15 is 4.21 Å². The summed E-state index contributed by atoms with van der Waals surface area (Å²) in [6.07, 6.45) is -5.78. The fourth-order valence-electron chi connectivity index (χ4n) is 10.4. The fourth-order valence-corrected chi connectivity index (χ4v) is 11.8. The average molecular weight is 1190 g/mol. The van der Waals surface area contributed by atoms with E-state index in [4.69, 9.17) is 16.2 Å². The molecule has 3 aliphatic rings. The number of rotatable bonds is 16. The molecule has 1 aromatic heterocycles. The molecule has 3 aromatic rings. The molecule has 13 atom stereocenters. The molecule has 458 valence electrons. The lowest BCUT2D eigenvalue weighted by Gasteiger charge is -2.32. The topological polar surface area (TPSA) is 418 Å². The number of hydrogen-bond acceptors (Lipinski definition) is 17. The van der Waals surface area contributed by atoms with Gasteiger partial charge in [0.2, 0.25) is 47.3 Å². The molecular weight excluding hydrogens is 1110 g/mol. The van der Waals surface area contributed by atoms with Crippen LogP contribution in [-0.2, 0) is 76.6 Å². The molecule has 0 spiro atoms. The molecule has 1 fully saturated rings. The van der Waals surface area contributed by atoms with Crippen molar-refractivity contribution >= 4 is 92.0 Å². The third-order valence-corrected chi connectivity index (χ3v) is 17.2. The molecule has 26 nitrogen and oxygen atoms in total. The Balaban J connectivity index is 1.44. The van der Waals surface area contributed by atoms with E-state index in [9.17, 15) is 68.1 Å². The summed E-state index contributed by atoms with van der Waals surface area (Å²) in [6, 6.07) is 4.60. The zero-order valence-electron chi connectivity index (χ0n) is 47.9. The van der Waals surface area contributed by atoms with Gasteiger partial charge in [0.25, 0.3) is 0 Å². The number of anilines is 1. The average Bonchev–Trinajstić information content (AvgIpc) is 3.17. The highest BCUT2D eigenvalue weighted by atomic mass is 32.2. The Morgan fingerprint density at radius 3 is 2.15 bits per heavy atom. The summed E-state index contributed by atoms with van der Waals surface area (Å²) in [5.41, 5.74) is 13.2. The van der Waals surface area contributed by atoms with E-state index in [0.29, 0.717) is 23.1 Å². The van der Waals surface area contributed by atoms with Crippen LogP contribution in [0.2, 0.25) is 0 Å². The number of ether oxygens (including phenoxy) is 1. The number of ketones is 3. The lowest BCUT2D eigenvalue weighted by molar-refractivity contribution is -0.145. The van der Waals surface area contributed by atoms with Crippen molar-refractivity contribution < 1.29 is 77.0 Å². The number of aliphatic hydroxyl groups is 3. The van der Waals surface area contributed by atoms with E-state index in [-0.39, 0.29) is 58.9 Å². The van der Waals surface area contributed by atoms with Crippen LogP contribution >= 0.6 is 0 Å². The number of aromatic nitrogens is 1. The summed E-state index contributed by atoms with van der Waals surface area (Å²) in [5.74, 6) is -15.0. The molecule has 2 aromatic carbocycles. The number of aliphatic hydroxyl groups excluding tert-OH is 3. The van der Waals surface area contributed by atoms with Crippen LogP contribution in [0.25, 0.3) is 10.9 Å². The van der Waals surface area contributed by atoms with Gasteiger partial charge in [0.15, 0.2) is 17.3 Å². The number of primary amides is 1. The standard InChI is InChI=1S/C57H78N10O16S/c1-7-28(4)50-55(80)61-21-47(75)63-40-26-84(82)56-38(37-13-12-36(20-39(37)64-56)83-25-31-8-10-34(11-9-31)62-52(77)29(5)14-43(71)49(59)27(2)3)15-32(53(78)60-22-48(76)65-50)16-44(72)51(30(6)45(73)24-68)66-54(79)41-19-35(69)23-67(41)57(81)33(17-42(40)70)18-46(58)74/h8-13,20,27-30,32-33,35,40-41,45,49-51,64,68-69,73H,7,14-19,21-26,59H2,1-6H3,(H2,58,74)(H,60,78)(H,61,80)(H,62,77)(H,63,75)(H,65,76)(H,66,79)/t28-,29+,30-,32-,33?,35+,40-,41?,45-,49-,50-,51-,84?/m0/s1. The van der Waals surface area contributed by atoms with Gasteiger partial charge in [-0.2, -0.15) is 0 Å². The largest absolute Gasteiger partial charge is 0.489 e. The summed E-state index contributed by atoms with van der Waals surface area (Å²) in [5, 5.41) is 47.6. The molecule has 4 heterocycles. The van der Waals surface area contributed by atoms with Crippen molar-refractivity contribution in [2.45, 2.75) is 141 Å². The normalized spacial score (nSPS) is 25.4. The first-order valence-corrected chi connectivity index (χ1v) is 29.4. The van der Waals surface area contributed by atoms with Gasteiger partial charge < -0.3 is 73.3 Å². The first kappa shape index (κ1) is 65.7. The summed E-state index contributed by atoms with van der Waals surface area (Å²) < 4.78 is 21.3. The molecule has 0 saturated carbocycles. The molecule has 14 N–H and O–H groups in total. The third kappa shape index (κ3) is 16.9. The SMILES string of the molecule is CC[C@H](C)[C@@H]1NC(=O)CNC(=O)[C@@H]2CC(=O)[C@H]([C@@H](C)[C@@H](O)CO)NC(=O)C3C[C@@H](O)CN3C(=O)C(CC(N)=O)CC(=O)[C@H](CS(=O)c3[nH]c4cc(OCc5ccc(NC(=O)[C@H](C)CC(=O)[C@@H](N)C(C)C)cc5)ccc4c3C2)NC(=O)CNC1=O. The minimum Gasteiger partial charge on any atom is -0.489 e. The number of carbonyl (C=O) groups is 11. The lowest BCUT2D eigenvalue weighted by Crippen LogP contribution is -2.56. The minimum absolute atomic E-state index is 0.00348. The predicted octanol–water partition coefficient (Wildman–Crippen LogP) is -1.35. The predicted molar refractivity (Wildman–Crippen MR) is 304 cm³/mol. The van der Waals surface area contributed by atoms with E-state index in [1.54, 1.807) is 63.2 Å². The van der Waals surface area contributed by atoms with E-state index in [1.807, 2.05) is 13.8 Å². The first-order valence-electron chi connectivity index (χ1n) is 28.1. The molecule has 27 heteroatoms. The van der Waals surface area contributed by atoms with Crippen molar-refractivity contribution in [3.63, 3.8) is 0 Å². The molecule has 3 unspecified atom stereocenters. The van der Waals surface area contributed by atoms with Gasteiger partial charge in [-0.15, -0.1) is 0 Å². The van der Waals surface area contributed by atoms with Gasteiger partial charge in [0, 0.05) is 73.5 Å². The van der Waals surface area contributed by atoms with Gasteiger partial charge in [-0.3, -0.25) is 56.9 Å². The highest BCUT2D eigenvalue weighted by Crippen LogP contribution is 2.33. The van der Waals surface area contributed by atoms with Crippen LogP contribution in [0.1, 0.15) is 91.2 Å². The summed E-state index contributed by atoms with van der Waals surface area (Å²) in [4.78, 5) is 156. The molecule has 84 heavy (non-hydrogen) atoms. The number of fused-ring (bicyclic) bond motifs is 5. The maximum absolute atomic E-state index is 15.1. The van der Waals surface area contributed by atoms with Crippen molar-refractivity contribution in [3.8, 4) is 5.75 Å². The van der Waals surface area contributed by atoms with Gasteiger partial charge in [-0.25, -0.2) is 0 Å². The van der Waals surface area contributed by atoms with Crippen LogP contribution in [0.15, 0.2) is 47.5 Å². The molecule has 0 radical (unpaired) electrons. The highest BCUT2D eigenvalue weighted by molar-refractivity contribution is 7.85. The number of amides is 8. The Kier molecular flexibility index (Phi) is 23.0. The van der Waals surface area contributed by atoms with Crippen molar-refractivity contribution in [1.82, 2.24) is 36.5 Å². The zero-order chi connectivity index (χ0) is 61.9. The smallest absolute Gasteiger partial charge is 0.243 e. The van der Waals surface area contributed by atoms with Crippen molar-refractivity contribution in [2.24, 2.45) is 47.0 Å². The van der Waals surface area contributed by atoms with Crippen LogP contribution in [0, 0.1) is 35.5 Å². The lowest BCUT2D eigenvalue weighted by atomic mass is 9.85. The monoisotopic (exact) mass is 1190 g/mol. The number of carbonyl (C=O) groups excluding carboxylic acids is 11. The van der Waals surface area contributed by atoms with E-state index in [0.717, 1.165) is 4.90 Å². The van der Waals surface area contributed by atoms with E-state index in [2.05, 4.69) is 36.9 Å². The zero-order valence-corrected chi connectivity index (χ0v) is 48.7. The molecule has 8 amide bonds. The van der Waals surface area contributed by atoms with Crippen LogP contribution in [0.5, 0.6) is 5.75 Å². The minimum atomic E-state index is -2.38. The summed E-state index contributed by atoms with van der Waals surface area (Å²) in [7, 11) is -2.38. The van der Waals surface area contributed by atoms with Crippen molar-refractivity contribution in [2.75, 3.05) is 37.3 Å². The molecular formula is C57H78N10O16S. The Hall–Kier alpha value is -7.46. The number of aromatic amines is 1. The number of nitrogens with zero attached hydrogens (tertiary/aromatic N) is 1. The molecule has 6 rings (SSSR count). The van der Waals surface area contributed by atoms with E-state index < -0.39 is 193 Å². The maximum atomic E-state index is 15.1. The highest BCUT2D eigenvalue weighted by Gasteiger charge is 2.45. The molecule has 1 saturated heterocycles. The molecule has 0 aliphatic carbocycles. The third-order valence-electron chi connectivity index (χ3n) is 15.8. The van der Waals surface area contributed by atoms with Crippen molar-refractivity contribution in [3.05, 3.63) is 53.6 Å². The van der Waals surface area contributed by atoms with Gasteiger partial charge >= 0.3 is 0 Å². The van der Waals surface area contributed by atoms with Gasteiger partial charge in [0.05, 0.1) is 78.0 Å². The second-order valence-corrected chi connectivity index (χ2v) is 24.0. The quantitative estimate of drug-likeness (QED) is 0.0789. The van der Waals surface area contributed by atoms with Gasteiger partial charge in [-0.1, -0.05) is 60.1 Å². The number of nitrogens with two attached hydrogens (primary N) is 2. The second-order valence-electron chi connectivity index (χ2n) is 22.6. The maximum Gasteiger partial charge on any atom is 0.243 e. The number of Topliss-reactive ketones (excluding diaryl/α,β-unsaturated/α-hetero) is 3. The Morgan fingerprint density at radius 2 is 1.51 bits per heavy atom. The summed E-state index contributed by atoms with van der Waals surface area (Å²) in [6.45, 7) is 7.21. The Bertz CT molecular complexity index is 3010. The Labute approximate surface area is 487 Å². The van der Waals surface area contributed by atoms with Crippen molar-refractivity contribution in [1.29, 1.82) is 0 Å². The molecule has 3 aliphatic heterocycles. The van der Waals surface area contributed by atoms with Crippen LogP contribution in [-0.4, -0.2) is 168 Å². The number of hydrogen-bond donors (Lipinski definition) is 12. The van der Waals surface area contributed by atoms with E-state index in [1.165, 1.54) is 6.92 Å². The molecule has 2 bridgehead atoms. The number of benzene rings is 2. The first-order chi connectivity index (χ1) is 39.7. The van der Waals surface area contributed by atoms with Crippen LogP contribution in [0.4, 0.5) is 5.69 Å². The summed E-state index contributed by atoms with van der Waals surface area (Å²) >= 11 is 0. The van der Waals surface area contributed by atoms with Gasteiger partial charge in [0.1, 0.15) is 29.5 Å². The van der Waals surface area contributed by atoms with Gasteiger partial charge in [-0.05, 0) is 53.6 Å². The fraction of sp³-hybridized carbons (Fsp3) is 0.561. The van der Waals surface area contributed by atoms with Crippen LogP contribution in [0.3, 0.4) is 0 Å². The second kappa shape index (κ2) is 29.4. The number of H-pyrrole nitrogens is 1.